The number of benzene rings is 1. The molecule has 1 aromatic rings. The van der Waals surface area contributed by atoms with Gasteiger partial charge in [0.05, 0.1) is 6.54 Å². The van der Waals surface area contributed by atoms with Crippen LogP contribution in [0.4, 0.5) is 0 Å². The highest BCUT2D eigenvalue weighted by atomic mass is 79.9. The fourth-order valence-electron chi connectivity index (χ4n) is 2.29. The van der Waals surface area contributed by atoms with Crippen LogP contribution in [0.25, 0.3) is 0 Å². The molecule has 0 spiro atoms. The molecule has 1 aromatic carbocycles. The molecule has 1 aliphatic rings. The quantitative estimate of drug-likeness (QED) is 0.866. The lowest BCUT2D eigenvalue weighted by Crippen LogP contribution is -2.22. The highest BCUT2D eigenvalue weighted by Gasteiger charge is 2.23. The van der Waals surface area contributed by atoms with Crippen LogP contribution in [-0.4, -0.2) is 12.3 Å². The molecule has 2 nitrogen and oxygen atoms in total. The number of ketones is 1. The number of hydrogen-bond acceptors (Lipinski definition) is 2. The maximum atomic E-state index is 11.8. The van der Waals surface area contributed by atoms with Gasteiger partial charge in [0.25, 0.3) is 0 Å². The van der Waals surface area contributed by atoms with Crippen LogP contribution in [0.2, 0.25) is 0 Å². The Bertz CT molecular complexity index is 566. The SMILES string of the molecule is CC#CCNC1=CC(=O)CC(c2ccccc2Br)C1. The van der Waals surface area contributed by atoms with E-state index in [2.05, 4.69) is 39.2 Å². The summed E-state index contributed by atoms with van der Waals surface area (Å²) in [5.74, 6) is 6.21. The second-order valence-corrected chi connectivity index (χ2v) is 5.40. The lowest BCUT2D eigenvalue weighted by Gasteiger charge is -2.23. The van der Waals surface area contributed by atoms with E-state index in [4.69, 9.17) is 0 Å². The average Bonchev–Trinajstić information content (AvgIpc) is 2.39. The van der Waals surface area contributed by atoms with Crippen LogP contribution in [0.5, 0.6) is 0 Å². The van der Waals surface area contributed by atoms with E-state index in [9.17, 15) is 4.79 Å². The third-order valence-corrected chi connectivity index (χ3v) is 3.90. The normalized spacial score (nSPS) is 18.3. The number of carbonyl (C=O) groups is 1. The lowest BCUT2D eigenvalue weighted by atomic mass is 9.85. The Morgan fingerprint density at radius 2 is 2.16 bits per heavy atom. The Morgan fingerprint density at radius 3 is 2.89 bits per heavy atom. The molecule has 0 amide bonds. The number of nitrogens with one attached hydrogen (secondary N) is 1. The highest BCUT2D eigenvalue weighted by molar-refractivity contribution is 9.10. The van der Waals surface area contributed by atoms with Gasteiger partial charge in [0, 0.05) is 22.7 Å². The molecule has 0 saturated carbocycles. The zero-order chi connectivity index (χ0) is 13.7. The molecule has 1 unspecified atom stereocenters. The van der Waals surface area contributed by atoms with Crippen LogP contribution in [0.1, 0.15) is 31.2 Å². The van der Waals surface area contributed by atoms with E-state index in [0.717, 1.165) is 16.6 Å². The monoisotopic (exact) mass is 317 g/mol. The molecule has 0 radical (unpaired) electrons. The highest BCUT2D eigenvalue weighted by Crippen LogP contribution is 2.34. The van der Waals surface area contributed by atoms with E-state index in [1.54, 1.807) is 6.08 Å². The van der Waals surface area contributed by atoms with Gasteiger partial charge in [-0.3, -0.25) is 4.79 Å². The molecular weight excluding hydrogens is 302 g/mol. The number of carbonyl (C=O) groups excluding carboxylic acids is 1. The minimum atomic E-state index is 0.180. The van der Waals surface area contributed by atoms with Crippen molar-refractivity contribution in [1.82, 2.24) is 5.32 Å². The maximum Gasteiger partial charge on any atom is 0.158 e. The fraction of sp³-hybridized carbons (Fsp3) is 0.312. The predicted molar refractivity (Wildman–Crippen MR) is 80.7 cm³/mol. The largest absolute Gasteiger partial charge is 0.377 e. The van der Waals surface area contributed by atoms with E-state index < -0.39 is 0 Å². The number of allylic oxidation sites excluding steroid dienone is 2. The molecule has 0 saturated heterocycles. The van der Waals surface area contributed by atoms with E-state index >= 15 is 0 Å². The molecule has 0 aromatic heterocycles. The molecule has 0 aliphatic heterocycles. The summed E-state index contributed by atoms with van der Waals surface area (Å²) < 4.78 is 1.07. The second kappa shape index (κ2) is 6.58. The van der Waals surface area contributed by atoms with Crippen molar-refractivity contribution in [1.29, 1.82) is 0 Å². The van der Waals surface area contributed by atoms with Crippen molar-refractivity contribution in [3.8, 4) is 11.8 Å². The minimum absolute atomic E-state index is 0.180. The third-order valence-electron chi connectivity index (χ3n) is 3.17. The van der Waals surface area contributed by atoms with Crippen molar-refractivity contribution in [3.05, 3.63) is 46.1 Å². The number of rotatable bonds is 3. The summed E-state index contributed by atoms with van der Waals surface area (Å²) in [5, 5.41) is 3.22. The summed E-state index contributed by atoms with van der Waals surface area (Å²) >= 11 is 3.56. The topological polar surface area (TPSA) is 29.1 Å². The zero-order valence-electron chi connectivity index (χ0n) is 10.9. The van der Waals surface area contributed by atoms with Gasteiger partial charge >= 0.3 is 0 Å². The molecule has 0 bridgehead atoms. The summed E-state index contributed by atoms with van der Waals surface area (Å²) in [4.78, 5) is 11.8. The maximum absolute atomic E-state index is 11.8. The molecule has 1 aliphatic carbocycles. The standard InChI is InChI=1S/C16H16BrNO/c1-2-3-8-18-13-9-12(10-14(19)11-13)15-6-4-5-7-16(15)17/h4-7,11-12,18H,8-10H2,1H3. The zero-order valence-corrected chi connectivity index (χ0v) is 12.5. The van der Waals surface area contributed by atoms with Crippen LogP contribution in [0.3, 0.4) is 0 Å². The van der Waals surface area contributed by atoms with Gasteiger partial charge in [-0.15, -0.1) is 5.92 Å². The van der Waals surface area contributed by atoms with Crippen LogP contribution >= 0.6 is 15.9 Å². The van der Waals surface area contributed by atoms with Crippen LogP contribution in [0.15, 0.2) is 40.5 Å². The lowest BCUT2D eigenvalue weighted by molar-refractivity contribution is -0.115. The van der Waals surface area contributed by atoms with Crippen molar-refractivity contribution in [2.75, 3.05) is 6.54 Å². The number of hydrogen-bond donors (Lipinski definition) is 1. The molecule has 1 N–H and O–H groups in total. The van der Waals surface area contributed by atoms with E-state index in [1.165, 1.54) is 5.56 Å². The number of halogens is 1. The first-order valence-electron chi connectivity index (χ1n) is 6.32. The Morgan fingerprint density at radius 1 is 1.37 bits per heavy atom. The molecule has 98 valence electrons. The fourth-order valence-corrected chi connectivity index (χ4v) is 2.90. The van der Waals surface area contributed by atoms with Crippen LogP contribution < -0.4 is 5.32 Å². The molecule has 0 fully saturated rings. The molecule has 19 heavy (non-hydrogen) atoms. The molecular formula is C16H16BrNO. The first-order chi connectivity index (χ1) is 9.20. The van der Waals surface area contributed by atoms with Gasteiger partial charge in [0.2, 0.25) is 0 Å². The van der Waals surface area contributed by atoms with E-state index in [0.29, 0.717) is 13.0 Å². The molecule has 0 heterocycles. The first-order valence-corrected chi connectivity index (χ1v) is 7.11. The summed E-state index contributed by atoms with van der Waals surface area (Å²) in [5.41, 5.74) is 2.18. The Labute approximate surface area is 122 Å². The van der Waals surface area contributed by atoms with Gasteiger partial charge in [-0.2, -0.15) is 0 Å². The van der Waals surface area contributed by atoms with Crippen LogP contribution in [-0.2, 0) is 4.79 Å². The summed E-state index contributed by atoms with van der Waals surface area (Å²) in [6.45, 7) is 2.41. The van der Waals surface area contributed by atoms with Crippen molar-refractivity contribution >= 4 is 21.7 Å². The Balaban J connectivity index is 2.13. The van der Waals surface area contributed by atoms with Crippen molar-refractivity contribution in [3.63, 3.8) is 0 Å². The summed E-state index contributed by atoms with van der Waals surface area (Å²) in [6.07, 6.45) is 3.15. The summed E-state index contributed by atoms with van der Waals surface area (Å²) in [7, 11) is 0. The Kier molecular flexibility index (Phi) is 4.81. The van der Waals surface area contributed by atoms with Gasteiger partial charge < -0.3 is 5.32 Å². The Hall–Kier alpha value is -1.53. The van der Waals surface area contributed by atoms with Gasteiger partial charge in [-0.25, -0.2) is 0 Å². The van der Waals surface area contributed by atoms with Gasteiger partial charge in [0.15, 0.2) is 5.78 Å². The van der Waals surface area contributed by atoms with Crippen LogP contribution in [0, 0.1) is 11.8 Å². The smallest absolute Gasteiger partial charge is 0.158 e. The predicted octanol–water partition coefficient (Wildman–Crippen LogP) is 3.39. The molecule has 2 rings (SSSR count). The summed E-state index contributed by atoms with van der Waals surface area (Å²) in [6, 6.07) is 8.10. The third kappa shape index (κ3) is 3.71. The molecule has 3 heteroatoms. The first kappa shape index (κ1) is 13.9. The van der Waals surface area contributed by atoms with Gasteiger partial charge in [-0.05, 0) is 30.9 Å². The molecule has 1 atom stereocenters. The van der Waals surface area contributed by atoms with Gasteiger partial charge in [0.1, 0.15) is 0 Å². The van der Waals surface area contributed by atoms with E-state index in [1.807, 2.05) is 25.1 Å². The van der Waals surface area contributed by atoms with Crippen molar-refractivity contribution < 1.29 is 4.79 Å². The second-order valence-electron chi connectivity index (χ2n) is 4.54. The van der Waals surface area contributed by atoms with E-state index in [-0.39, 0.29) is 11.7 Å². The van der Waals surface area contributed by atoms with Crippen molar-refractivity contribution in [2.24, 2.45) is 0 Å². The average molecular weight is 318 g/mol. The van der Waals surface area contributed by atoms with Gasteiger partial charge in [-0.1, -0.05) is 40.0 Å². The minimum Gasteiger partial charge on any atom is -0.377 e. The van der Waals surface area contributed by atoms with Crippen molar-refractivity contribution in [2.45, 2.75) is 25.7 Å².